The maximum atomic E-state index is 2.26. The van der Waals surface area contributed by atoms with Crippen LogP contribution < -0.4 is 0 Å². The standard InChI is InChI=1S/C16H20S/c1-2-3-4-7-13-17-16-12-8-10-14-9-5-6-11-15(14)16/h5-6,8-12H,2-4,7,13H2,1H3. The first-order chi connectivity index (χ1) is 8.42. The summed E-state index contributed by atoms with van der Waals surface area (Å²) in [5.74, 6) is 1.24. The van der Waals surface area contributed by atoms with E-state index in [2.05, 4.69) is 49.4 Å². The van der Waals surface area contributed by atoms with Crippen molar-refractivity contribution in [3.63, 3.8) is 0 Å². The Balaban J connectivity index is 1.98. The minimum Gasteiger partial charge on any atom is -0.126 e. The second-order valence-electron chi connectivity index (χ2n) is 4.39. The zero-order chi connectivity index (χ0) is 11.9. The molecule has 0 bridgehead atoms. The largest absolute Gasteiger partial charge is 0.126 e. The molecule has 90 valence electrons. The Morgan fingerprint density at radius 2 is 1.71 bits per heavy atom. The van der Waals surface area contributed by atoms with Gasteiger partial charge in [0, 0.05) is 4.90 Å². The van der Waals surface area contributed by atoms with Crippen LogP contribution in [0.3, 0.4) is 0 Å². The molecule has 2 aromatic carbocycles. The molecular formula is C16H20S. The number of fused-ring (bicyclic) bond motifs is 1. The van der Waals surface area contributed by atoms with Gasteiger partial charge in [-0.25, -0.2) is 0 Å². The lowest BCUT2D eigenvalue weighted by atomic mass is 10.1. The van der Waals surface area contributed by atoms with Gasteiger partial charge in [-0.1, -0.05) is 62.6 Å². The van der Waals surface area contributed by atoms with E-state index in [9.17, 15) is 0 Å². The van der Waals surface area contributed by atoms with E-state index < -0.39 is 0 Å². The molecule has 0 fully saturated rings. The van der Waals surface area contributed by atoms with Crippen molar-refractivity contribution in [2.45, 2.75) is 37.5 Å². The summed E-state index contributed by atoms with van der Waals surface area (Å²) in [6.07, 6.45) is 5.39. The van der Waals surface area contributed by atoms with Crippen LogP contribution in [0, 0.1) is 0 Å². The van der Waals surface area contributed by atoms with Gasteiger partial charge in [-0.2, -0.15) is 0 Å². The van der Waals surface area contributed by atoms with E-state index in [1.807, 2.05) is 11.8 Å². The summed E-state index contributed by atoms with van der Waals surface area (Å²) in [6, 6.07) is 15.3. The van der Waals surface area contributed by atoms with Crippen molar-refractivity contribution in [2.24, 2.45) is 0 Å². The second-order valence-corrected chi connectivity index (χ2v) is 5.52. The van der Waals surface area contributed by atoms with Gasteiger partial charge in [0.2, 0.25) is 0 Å². The highest BCUT2D eigenvalue weighted by Gasteiger charge is 2.00. The van der Waals surface area contributed by atoms with Crippen molar-refractivity contribution in [3.05, 3.63) is 42.5 Å². The van der Waals surface area contributed by atoms with E-state index >= 15 is 0 Å². The number of rotatable bonds is 6. The smallest absolute Gasteiger partial charge is 0.0150 e. The van der Waals surface area contributed by atoms with Crippen LogP contribution in [-0.4, -0.2) is 5.75 Å². The van der Waals surface area contributed by atoms with Gasteiger partial charge in [0.15, 0.2) is 0 Å². The summed E-state index contributed by atoms with van der Waals surface area (Å²) in [5, 5.41) is 2.75. The van der Waals surface area contributed by atoms with E-state index in [4.69, 9.17) is 0 Å². The Hall–Kier alpha value is -0.950. The molecule has 2 rings (SSSR count). The number of hydrogen-bond donors (Lipinski definition) is 0. The van der Waals surface area contributed by atoms with Gasteiger partial charge in [-0.3, -0.25) is 0 Å². The lowest BCUT2D eigenvalue weighted by molar-refractivity contribution is 0.706. The van der Waals surface area contributed by atoms with Crippen LogP contribution in [0.5, 0.6) is 0 Å². The predicted octanol–water partition coefficient (Wildman–Crippen LogP) is 5.51. The average Bonchev–Trinajstić information content (AvgIpc) is 2.39. The first kappa shape index (κ1) is 12.5. The third kappa shape index (κ3) is 3.50. The van der Waals surface area contributed by atoms with E-state index in [1.165, 1.54) is 47.1 Å². The van der Waals surface area contributed by atoms with Gasteiger partial charge in [-0.15, -0.1) is 11.8 Å². The lowest BCUT2D eigenvalue weighted by Crippen LogP contribution is -1.82. The molecule has 0 unspecified atom stereocenters. The van der Waals surface area contributed by atoms with Crippen LogP contribution in [0.2, 0.25) is 0 Å². The van der Waals surface area contributed by atoms with Crippen LogP contribution in [0.15, 0.2) is 47.4 Å². The summed E-state index contributed by atoms with van der Waals surface area (Å²) in [7, 11) is 0. The van der Waals surface area contributed by atoms with Crippen molar-refractivity contribution in [3.8, 4) is 0 Å². The van der Waals surface area contributed by atoms with E-state index in [-0.39, 0.29) is 0 Å². The van der Waals surface area contributed by atoms with Gasteiger partial charge in [-0.05, 0) is 29.0 Å². The number of thioether (sulfide) groups is 1. The van der Waals surface area contributed by atoms with Crippen molar-refractivity contribution in [1.29, 1.82) is 0 Å². The van der Waals surface area contributed by atoms with Gasteiger partial charge in [0.05, 0.1) is 0 Å². The molecule has 0 aliphatic carbocycles. The highest BCUT2D eigenvalue weighted by atomic mass is 32.2. The number of benzene rings is 2. The highest BCUT2D eigenvalue weighted by molar-refractivity contribution is 7.99. The first-order valence-electron chi connectivity index (χ1n) is 6.52. The molecule has 0 saturated carbocycles. The van der Waals surface area contributed by atoms with E-state index in [0.717, 1.165) is 0 Å². The third-order valence-electron chi connectivity index (χ3n) is 3.01. The molecule has 0 saturated heterocycles. The zero-order valence-electron chi connectivity index (χ0n) is 10.5. The summed E-state index contributed by atoms with van der Waals surface area (Å²) >= 11 is 2.00. The first-order valence-corrected chi connectivity index (χ1v) is 7.51. The molecule has 0 radical (unpaired) electrons. The Kier molecular flexibility index (Phi) is 4.93. The number of unbranched alkanes of at least 4 members (excludes halogenated alkanes) is 3. The summed E-state index contributed by atoms with van der Waals surface area (Å²) in [4.78, 5) is 1.43. The van der Waals surface area contributed by atoms with Crippen LogP contribution in [0.4, 0.5) is 0 Å². The van der Waals surface area contributed by atoms with Crippen LogP contribution in [0.25, 0.3) is 10.8 Å². The summed E-state index contributed by atoms with van der Waals surface area (Å²) in [5.41, 5.74) is 0. The molecule has 0 aliphatic rings. The van der Waals surface area contributed by atoms with Crippen LogP contribution in [-0.2, 0) is 0 Å². The molecule has 17 heavy (non-hydrogen) atoms. The molecule has 0 heterocycles. The molecule has 0 aromatic heterocycles. The van der Waals surface area contributed by atoms with Gasteiger partial charge >= 0.3 is 0 Å². The minimum absolute atomic E-state index is 1.24. The monoisotopic (exact) mass is 244 g/mol. The normalized spacial score (nSPS) is 10.9. The fourth-order valence-electron chi connectivity index (χ4n) is 2.03. The van der Waals surface area contributed by atoms with Crippen molar-refractivity contribution in [1.82, 2.24) is 0 Å². The lowest BCUT2D eigenvalue weighted by Gasteiger charge is -2.05. The van der Waals surface area contributed by atoms with E-state index in [1.54, 1.807) is 0 Å². The Labute approximate surface area is 108 Å². The molecule has 1 heteroatoms. The maximum Gasteiger partial charge on any atom is 0.0150 e. The molecular weight excluding hydrogens is 224 g/mol. The molecule has 0 aliphatic heterocycles. The minimum atomic E-state index is 1.24. The molecule has 0 N–H and O–H groups in total. The van der Waals surface area contributed by atoms with Crippen molar-refractivity contribution >= 4 is 22.5 Å². The molecule has 0 nitrogen and oxygen atoms in total. The summed E-state index contributed by atoms with van der Waals surface area (Å²) in [6.45, 7) is 2.26. The van der Waals surface area contributed by atoms with Crippen LogP contribution in [0.1, 0.15) is 32.6 Å². The Morgan fingerprint density at radius 3 is 2.59 bits per heavy atom. The Morgan fingerprint density at radius 1 is 0.882 bits per heavy atom. The predicted molar refractivity (Wildman–Crippen MR) is 78.8 cm³/mol. The molecule has 0 atom stereocenters. The fourth-order valence-corrected chi connectivity index (χ4v) is 3.12. The quantitative estimate of drug-likeness (QED) is 0.477. The SMILES string of the molecule is CCCCCCSc1cccc2ccccc12. The molecule has 2 aromatic rings. The Bertz CT molecular complexity index is 457. The molecule has 0 amide bonds. The van der Waals surface area contributed by atoms with Gasteiger partial charge in [0.25, 0.3) is 0 Å². The van der Waals surface area contributed by atoms with E-state index in [0.29, 0.717) is 0 Å². The summed E-state index contributed by atoms with van der Waals surface area (Å²) < 4.78 is 0. The van der Waals surface area contributed by atoms with Gasteiger partial charge in [0.1, 0.15) is 0 Å². The molecule has 0 spiro atoms. The fraction of sp³-hybridized carbons (Fsp3) is 0.375. The maximum absolute atomic E-state index is 2.26. The highest BCUT2D eigenvalue weighted by Crippen LogP contribution is 2.28. The second kappa shape index (κ2) is 6.70. The van der Waals surface area contributed by atoms with Crippen molar-refractivity contribution < 1.29 is 0 Å². The average molecular weight is 244 g/mol. The zero-order valence-corrected chi connectivity index (χ0v) is 11.3. The van der Waals surface area contributed by atoms with Crippen LogP contribution >= 0.6 is 11.8 Å². The third-order valence-corrected chi connectivity index (χ3v) is 4.16. The number of hydrogen-bond acceptors (Lipinski definition) is 1. The van der Waals surface area contributed by atoms with Gasteiger partial charge < -0.3 is 0 Å². The van der Waals surface area contributed by atoms with Crippen molar-refractivity contribution in [2.75, 3.05) is 5.75 Å². The topological polar surface area (TPSA) is 0 Å².